The van der Waals surface area contributed by atoms with Gasteiger partial charge in [-0.2, -0.15) is 0 Å². The molecule has 0 fully saturated rings. The van der Waals surface area contributed by atoms with Crippen LogP contribution in [0.3, 0.4) is 0 Å². The highest BCUT2D eigenvalue weighted by Gasteiger charge is 2.29. The number of rotatable bonds is 11. The Balaban J connectivity index is 1.87. The predicted octanol–water partition coefficient (Wildman–Crippen LogP) is 4.18. The Morgan fingerprint density at radius 3 is 2.22 bits per heavy atom. The van der Waals surface area contributed by atoms with Crippen molar-refractivity contribution in [1.82, 2.24) is 0 Å². The van der Waals surface area contributed by atoms with Crippen LogP contribution in [0.25, 0.3) is 0 Å². The van der Waals surface area contributed by atoms with E-state index in [0.29, 0.717) is 22.7 Å². The highest BCUT2D eigenvalue weighted by Crippen LogP contribution is 2.30. The molecule has 2 atom stereocenters. The SMILES string of the molecule is O=C(Nc1ccccc1)O[C@H](c1cccc(OCCO)c1)[C@@H](CCO)Oc1ccccc1. The molecule has 7 heteroatoms. The van der Waals surface area contributed by atoms with Crippen molar-refractivity contribution in [2.75, 3.05) is 25.1 Å². The van der Waals surface area contributed by atoms with Gasteiger partial charge in [0.25, 0.3) is 0 Å². The summed E-state index contributed by atoms with van der Waals surface area (Å²) in [5.41, 5.74) is 1.23. The Hall–Kier alpha value is -3.55. The number of nitrogens with one attached hydrogen (secondary N) is 1. The van der Waals surface area contributed by atoms with E-state index in [4.69, 9.17) is 19.3 Å². The van der Waals surface area contributed by atoms with Gasteiger partial charge in [-0.3, -0.25) is 5.32 Å². The molecule has 0 aromatic heterocycles. The fourth-order valence-corrected chi connectivity index (χ4v) is 3.16. The van der Waals surface area contributed by atoms with Crippen molar-refractivity contribution in [3.05, 3.63) is 90.5 Å². The lowest BCUT2D eigenvalue weighted by Gasteiger charge is -2.28. The van der Waals surface area contributed by atoms with Crippen molar-refractivity contribution in [2.24, 2.45) is 0 Å². The Morgan fingerprint density at radius 1 is 0.844 bits per heavy atom. The number of ether oxygens (including phenoxy) is 3. The topological polar surface area (TPSA) is 97.3 Å². The van der Waals surface area contributed by atoms with Crippen molar-refractivity contribution in [3.63, 3.8) is 0 Å². The molecule has 0 saturated carbocycles. The van der Waals surface area contributed by atoms with Crippen LogP contribution in [0.4, 0.5) is 10.5 Å². The maximum Gasteiger partial charge on any atom is 0.412 e. The minimum Gasteiger partial charge on any atom is -0.491 e. The van der Waals surface area contributed by atoms with Gasteiger partial charge in [0.2, 0.25) is 0 Å². The summed E-state index contributed by atoms with van der Waals surface area (Å²) in [5.74, 6) is 1.12. The van der Waals surface area contributed by atoms with Crippen molar-refractivity contribution in [2.45, 2.75) is 18.6 Å². The summed E-state index contributed by atoms with van der Waals surface area (Å²) in [6.45, 7) is -0.129. The number of anilines is 1. The number of carbonyl (C=O) groups is 1. The number of benzene rings is 3. The molecule has 1 amide bonds. The summed E-state index contributed by atoms with van der Waals surface area (Å²) >= 11 is 0. The van der Waals surface area contributed by atoms with E-state index in [1.165, 1.54) is 0 Å². The molecule has 3 rings (SSSR count). The summed E-state index contributed by atoms with van der Waals surface area (Å²) in [5, 5.41) is 21.4. The van der Waals surface area contributed by atoms with Gasteiger partial charge in [0, 0.05) is 18.7 Å². The van der Waals surface area contributed by atoms with Gasteiger partial charge in [0.05, 0.1) is 6.61 Å². The van der Waals surface area contributed by atoms with Crippen LogP contribution in [0.5, 0.6) is 11.5 Å². The van der Waals surface area contributed by atoms with Gasteiger partial charge in [-0.15, -0.1) is 0 Å². The second-order valence-electron chi connectivity index (χ2n) is 6.94. The first-order chi connectivity index (χ1) is 15.7. The van der Waals surface area contributed by atoms with Crippen LogP contribution < -0.4 is 14.8 Å². The minimum atomic E-state index is -0.830. The van der Waals surface area contributed by atoms with Gasteiger partial charge in [-0.25, -0.2) is 4.79 Å². The number of aliphatic hydroxyl groups is 2. The van der Waals surface area contributed by atoms with Crippen LogP contribution in [-0.4, -0.2) is 42.2 Å². The molecule has 0 radical (unpaired) electrons. The first-order valence-corrected chi connectivity index (χ1v) is 10.4. The Labute approximate surface area is 187 Å². The molecule has 0 spiro atoms. The molecule has 0 heterocycles. The largest absolute Gasteiger partial charge is 0.491 e. The Morgan fingerprint density at radius 2 is 1.53 bits per heavy atom. The number of carbonyl (C=O) groups excluding carboxylic acids is 1. The molecule has 3 aromatic rings. The van der Waals surface area contributed by atoms with Crippen LogP contribution in [0.15, 0.2) is 84.9 Å². The predicted molar refractivity (Wildman–Crippen MR) is 121 cm³/mol. The van der Waals surface area contributed by atoms with Gasteiger partial charge < -0.3 is 24.4 Å². The zero-order valence-corrected chi connectivity index (χ0v) is 17.6. The molecule has 3 N–H and O–H groups in total. The lowest BCUT2D eigenvalue weighted by Crippen LogP contribution is -2.31. The number of hydrogen-bond donors (Lipinski definition) is 3. The third-order valence-electron chi connectivity index (χ3n) is 4.58. The fraction of sp³-hybridized carbons (Fsp3) is 0.240. The van der Waals surface area contributed by atoms with Gasteiger partial charge in [-0.1, -0.05) is 48.5 Å². The maximum absolute atomic E-state index is 12.7. The van der Waals surface area contributed by atoms with E-state index in [9.17, 15) is 9.90 Å². The highest BCUT2D eigenvalue weighted by molar-refractivity contribution is 5.84. The molecule has 0 aliphatic rings. The molecule has 0 unspecified atom stereocenters. The van der Waals surface area contributed by atoms with E-state index in [0.717, 1.165) is 0 Å². The van der Waals surface area contributed by atoms with Crippen LogP contribution in [0.2, 0.25) is 0 Å². The lowest BCUT2D eigenvalue weighted by atomic mass is 10.0. The third-order valence-corrected chi connectivity index (χ3v) is 4.58. The molecule has 7 nitrogen and oxygen atoms in total. The van der Waals surface area contributed by atoms with Crippen molar-refractivity contribution in [3.8, 4) is 11.5 Å². The number of hydrogen-bond acceptors (Lipinski definition) is 6. The van der Waals surface area contributed by atoms with Crippen LogP contribution in [0.1, 0.15) is 18.1 Å². The highest BCUT2D eigenvalue weighted by atomic mass is 16.6. The molecular formula is C25H27NO6. The fourth-order valence-electron chi connectivity index (χ4n) is 3.16. The zero-order valence-electron chi connectivity index (χ0n) is 17.6. The summed E-state index contributed by atoms with van der Waals surface area (Å²) in [7, 11) is 0. The van der Waals surface area contributed by atoms with Crippen LogP contribution in [0, 0.1) is 0 Å². The summed E-state index contributed by atoms with van der Waals surface area (Å²) < 4.78 is 17.4. The average molecular weight is 437 g/mol. The monoisotopic (exact) mass is 437 g/mol. The van der Waals surface area contributed by atoms with E-state index in [2.05, 4.69) is 5.32 Å². The Kier molecular flexibility index (Phi) is 8.92. The van der Waals surface area contributed by atoms with Gasteiger partial charge in [-0.05, 0) is 42.0 Å². The molecule has 0 saturated heterocycles. The summed E-state index contributed by atoms with van der Waals surface area (Å²) in [4.78, 5) is 12.7. The molecule has 0 aliphatic carbocycles. The van der Waals surface area contributed by atoms with Crippen molar-refractivity contribution < 1.29 is 29.2 Å². The normalized spacial score (nSPS) is 12.4. The molecule has 0 aliphatic heterocycles. The summed E-state index contributed by atoms with van der Waals surface area (Å²) in [6.07, 6.45) is -1.90. The maximum atomic E-state index is 12.7. The van der Waals surface area contributed by atoms with E-state index in [-0.39, 0.29) is 26.2 Å². The van der Waals surface area contributed by atoms with Gasteiger partial charge in [0.15, 0.2) is 6.10 Å². The van der Waals surface area contributed by atoms with Gasteiger partial charge >= 0.3 is 6.09 Å². The van der Waals surface area contributed by atoms with E-state index < -0.39 is 18.3 Å². The van der Waals surface area contributed by atoms with Crippen molar-refractivity contribution in [1.29, 1.82) is 0 Å². The lowest BCUT2D eigenvalue weighted by molar-refractivity contribution is 0.00897. The standard InChI is InChI=1S/C25H27NO6/c27-15-14-23(31-21-11-5-2-6-12-21)24(19-8-7-13-22(18-19)30-17-16-28)32-25(29)26-20-9-3-1-4-10-20/h1-13,18,23-24,27-28H,14-17H2,(H,26,29)/t23-,24-/m1/s1. The van der Waals surface area contributed by atoms with Crippen molar-refractivity contribution >= 4 is 11.8 Å². The van der Waals surface area contributed by atoms with E-state index >= 15 is 0 Å². The molecule has 3 aromatic carbocycles. The second kappa shape index (κ2) is 12.3. The number of para-hydroxylation sites is 2. The average Bonchev–Trinajstić information content (AvgIpc) is 2.82. The zero-order chi connectivity index (χ0) is 22.6. The minimum absolute atomic E-state index is 0.117. The molecule has 32 heavy (non-hydrogen) atoms. The number of aliphatic hydroxyl groups excluding tert-OH is 2. The first-order valence-electron chi connectivity index (χ1n) is 10.4. The Bertz CT molecular complexity index is 951. The van der Waals surface area contributed by atoms with E-state index in [1.807, 2.05) is 36.4 Å². The third kappa shape index (κ3) is 7.01. The first kappa shape index (κ1) is 23.1. The quantitative estimate of drug-likeness (QED) is 0.416. The second-order valence-corrected chi connectivity index (χ2v) is 6.94. The number of amides is 1. The molecular weight excluding hydrogens is 410 g/mol. The smallest absolute Gasteiger partial charge is 0.412 e. The van der Waals surface area contributed by atoms with Crippen LogP contribution in [-0.2, 0) is 4.74 Å². The van der Waals surface area contributed by atoms with Gasteiger partial charge in [0.1, 0.15) is 24.2 Å². The molecule has 0 bridgehead atoms. The summed E-state index contributed by atoms with van der Waals surface area (Å²) in [6, 6.07) is 25.2. The van der Waals surface area contributed by atoms with Crippen LogP contribution >= 0.6 is 0 Å². The molecule has 168 valence electrons. The van der Waals surface area contributed by atoms with E-state index in [1.54, 1.807) is 48.5 Å².